The summed E-state index contributed by atoms with van der Waals surface area (Å²) in [6.45, 7) is 1.52. The molecule has 4 N–H and O–H groups in total. The summed E-state index contributed by atoms with van der Waals surface area (Å²) < 4.78 is 40.0. The number of rotatable bonds is 4. The van der Waals surface area contributed by atoms with Crippen LogP contribution in [0.25, 0.3) is 0 Å². The van der Waals surface area contributed by atoms with Crippen molar-refractivity contribution in [1.29, 1.82) is 5.41 Å². The van der Waals surface area contributed by atoms with Crippen LogP contribution in [0, 0.1) is 18.2 Å². The average molecular weight is 307 g/mol. The Hall–Kier alpha value is -2.41. The van der Waals surface area contributed by atoms with Crippen molar-refractivity contribution in [3.05, 3.63) is 59.4 Å². The van der Waals surface area contributed by atoms with Crippen LogP contribution < -0.4 is 10.5 Å². The number of hydrogen-bond acceptors (Lipinski definition) is 3. The Morgan fingerprint density at radius 3 is 2.57 bits per heavy atom. The van der Waals surface area contributed by atoms with Gasteiger partial charge in [-0.25, -0.2) is 12.8 Å². The number of halogens is 1. The average Bonchev–Trinajstić information content (AvgIpc) is 2.37. The second kappa shape index (κ2) is 5.53. The number of anilines is 1. The third kappa shape index (κ3) is 3.38. The summed E-state index contributed by atoms with van der Waals surface area (Å²) in [7, 11) is -3.83. The Balaban J connectivity index is 2.37. The van der Waals surface area contributed by atoms with Gasteiger partial charge in [0, 0.05) is 11.3 Å². The quantitative estimate of drug-likeness (QED) is 0.597. The number of hydrogen-bond donors (Lipinski definition) is 3. The van der Waals surface area contributed by atoms with Gasteiger partial charge in [-0.15, -0.1) is 0 Å². The molecule has 21 heavy (non-hydrogen) atoms. The minimum absolute atomic E-state index is 0.00266. The molecule has 2 aromatic carbocycles. The van der Waals surface area contributed by atoms with E-state index in [1.54, 1.807) is 18.2 Å². The Morgan fingerprint density at radius 2 is 1.95 bits per heavy atom. The Labute approximate surface area is 122 Å². The van der Waals surface area contributed by atoms with E-state index in [-0.39, 0.29) is 16.4 Å². The van der Waals surface area contributed by atoms with Crippen LogP contribution in [-0.2, 0) is 10.0 Å². The highest BCUT2D eigenvalue weighted by Crippen LogP contribution is 2.20. The van der Waals surface area contributed by atoms with Crippen molar-refractivity contribution >= 4 is 21.5 Å². The van der Waals surface area contributed by atoms with E-state index in [2.05, 4.69) is 4.72 Å². The topological polar surface area (TPSA) is 96.0 Å². The van der Waals surface area contributed by atoms with E-state index >= 15 is 0 Å². The standard InChI is InChI=1S/C14H14FN3O2S/c1-9-7-11(15)5-6-13(9)21(19,20)18-12-4-2-3-10(8-12)14(16)17/h2-8,18H,1H3,(H3,16,17). The van der Waals surface area contributed by atoms with Gasteiger partial charge in [0.1, 0.15) is 11.7 Å². The predicted molar refractivity (Wildman–Crippen MR) is 79.4 cm³/mol. The lowest BCUT2D eigenvalue weighted by molar-refractivity contribution is 0.598. The first-order valence-corrected chi connectivity index (χ1v) is 7.51. The number of nitrogen functional groups attached to an aromatic ring is 1. The van der Waals surface area contributed by atoms with Gasteiger partial charge in [0.05, 0.1) is 4.90 Å². The highest BCUT2D eigenvalue weighted by molar-refractivity contribution is 7.92. The maximum atomic E-state index is 13.1. The van der Waals surface area contributed by atoms with Crippen LogP contribution in [0.3, 0.4) is 0 Å². The number of amidine groups is 1. The zero-order valence-electron chi connectivity index (χ0n) is 11.2. The number of nitrogens with two attached hydrogens (primary N) is 1. The molecule has 0 fully saturated rings. The number of benzene rings is 2. The normalized spacial score (nSPS) is 11.1. The molecular weight excluding hydrogens is 293 g/mol. The molecule has 2 rings (SSSR count). The fourth-order valence-electron chi connectivity index (χ4n) is 1.87. The van der Waals surface area contributed by atoms with Gasteiger partial charge >= 0.3 is 0 Å². The summed E-state index contributed by atoms with van der Waals surface area (Å²) in [6, 6.07) is 9.65. The van der Waals surface area contributed by atoms with Gasteiger partial charge in [0.2, 0.25) is 0 Å². The van der Waals surface area contributed by atoms with Crippen molar-refractivity contribution in [2.24, 2.45) is 5.73 Å². The van der Waals surface area contributed by atoms with Crippen molar-refractivity contribution in [3.63, 3.8) is 0 Å². The van der Waals surface area contributed by atoms with Gasteiger partial charge in [-0.1, -0.05) is 12.1 Å². The highest BCUT2D eigenvalue weighted by Gasteiger charge is 2.17. The highest BCUT2D eigenvalue weighted by atomic mass is 32.2. The van der Waals surface area contributed by atoms with Gasteiger partial charge in [-0.2, -0.15) is 0 Å². The smallest absolute Gasteiger partial charge is 0.262 e. The Morgan fingerprint density at radius 1 is 1.24 bits per heavy atom. The van der Waals surface area contributed by atoms with Crippen molar-refractivity contribution in [2.75, 3.05) is 4.72 Å². The van der Waals surface area contributed by atoms with Crippen LogP contribution in [-0.4, -0.2) is 14.3 Å². The van der Waals surface area contributed by atoms with Crippen molar-refractivity contribution in [1.82, 2.24) is 0 Å². The van der Waals surface area contributed by atoms with Crippen LogP contribution >= 0.6 is 0 Å². The molecule has 0 bridgehead atoms. The molecule has 0 heterocycles. The van der Waals surface area contributed by atoms with E-state index < -0.39 is 15.8 Å². The molecule has 0 saturated heterocycles. The van der Waals surface area contributed by atoms with Crippen LogP contribution in [0.5, 0.6) is 0 Å². The Bertz CT molecular complexity index is 804. The lowest BCUT2D eigenvalue weighted by Gasteiger charge is -2.11. The van der Waals surface area contributed by atoms with Gasteiger partial charge in [0.15, 0.2) is 0 Å². The second-order valence-corrected chi connectivity index (χ2v) is 6.16. The SMILES string of the molecule is Cc1cc(F)ccc1S(=O)(=O)Nc1cccc(C(=N)N)c1. The largest absolute Gasteiger partial charge is 0.384 e. The fourth-order valence-corrected chi connectivity index (χ4v) is 3.15. The molecule has 0 aliphatic rings. The summed E-state index contributed by atoms with van der Waals surface area (Å²) in [5.41, 5.74) is 6.37. The van der Waals surface area contributed by atoms with Crippen molar-refractivity contribution in [2.45, 2.75) is 11.8 Å². The lowest BCUT2D eigenvalue weighted by Crippen LogP contribution is -2.16. The molecule has 0 amide bonds. The third-order valence-electron chi connectivity index (χ3n) is 2.85. The van der Waals surface area contributed by atoms with Crippen molar-refractivity contribution < 1.29 is 12.8 Å². The van der Waals surface area contributed by atoms with E-state index in [4.69, 9.17) is 11.1 Å². The minimum atomic E-state index is -3.83. The summed E-state index contributed by atoms with van der Waals surface area (Å²) in [5.74, 6) is -0.654. The van der Waals surface area contributed by atoms with Gasteiger partial charge in [0.25, 0.3) is 10.0 Å². The minimum Gasteiger partial charge on any atom is -0.384 e. The summed E-state index contributed by atoms with van der Waals surface area (Å²) >= 11 is 0. The number of sulfonamides is 1. The van der Waals surface area contributed by atoms with Crippen LogP contribution in [0.15, 0.2) is 47.4 Å². The molecule has 0 aliphatic carbocycles. The summed E-state index contributed by atoms with van der Waals surface area (Å²) in [6.07, 6.45) is 0. The molecule has 0 radical (unpaired) electrons. The van der Waals surface area contributed by atoms with E-state index in [1.165, 1.54) is 19.1 Å². The zero-order valence-corrected chi connectivity index (χ0v) is 12.0. The summed E-state index contributed by atoms with van der Waals surface area (Å²) in [5, 5.41) is 7.34. The van der Waals surface area contributed by atoms with E-state index in [9.17, 15) is 12.8 Å². The maximum Gasteiger partial charge on any atom is 0.262 e. The predicted octanol–water partition coefficient (Wildman–Crippen LogP) is 2.22. The first-order valence-electron chi connectivity index (χ1n) is 6.03. The molecular formula is C14H14FN3O2S. The van der Waals surface area contributed by atoms with E-state index in [1.807, 2.05) is 0 Å². The molecule has 0 spiro atoms. The molecule has 0 atom stereocenters. The van der Waals surface area contributed by atoms with E-state index in [0.717, 1.165) is 12.1 Å². The molecule has 0 aliphatic heterocycles. The van der Waals surface area contributed by atoms with E-state index in [0.29, 0.717) is 11.1 Å². The van der Waals surface area contributed by atoms with Gasteiger partial charge in [-0.3, -0.25) is 10.1 Å². The van der Waals surface area contributed by atoms with Crippen molar-refractivity contribution in [3.8, 4) is 0 Å². The van der Waals surface area contributed by atoms with Crippen LogP contribution in [0.4, 0.5) is 10.1 Å². The maximum absolute atomic E-state index is 13.1. The second-order valence-electron chi connectivity index (χ2n) is 4.51. The monoisotopic (exact) mass is 307 g/mol. The fraction of sp³-hybridized carbons (Fsp3) is 0.0714. The van der Waals surface area contributed by atoms with Gasteiger partial charge in [-0.05, 0) is 42.8 Å². The zero-order chi connectivity index (χ0) is 15.6. The molecule has 0 saturated carbocycles. The molecule has 2 aromatic rings. The van der Waals surface area contributed by atoms with Crippen LogP contribution in [0.2, 0.25) is 0 Å². The molecule has 0 aromatic heterocycles. The number of aryl methyl sites for hydroxylation is 1. The Kier molecular flexibility index (Phi) is 3.95. The van der Waals surface area contributed by atoms with Gasteiger partial charge < -0.3 is 5.73 Å². The first-order chi connectivity index (χ1) is 9.79. The molecule has 5 nitrogen and oxygen atoms in total. The number of nitrogens with one attached hydrogen (secondary N) is 2. The lowest BCUT2D eigenvalue weighted by atomic mass is 10.2. The first kappa shape index (κ1) is 15.0. The molecule has 0 unspecified atom stereocenters. The summed E-state index contributed by atoms with van der Waals surface area (Å²) in [4.78, 5) is -0.00266. The molecule has 7 heteroatoms. The van der Waals surface area contributed by atoms with Crippen LogP contribution in [0.1, 0.15) is 11.1 Å². The molecule has 110 valence electrons. The third-order valence-corrected chi connectivity index (χ3v) is 4.39.